The molecule has 1 aliphatic rings. The Kier molecular flexibility index (Phi) is 11.9. The van der Waals surface area contributed by atoms with Crippen molar-refractivity contribution in [3.8, 4) is 0 Å². The highest BCUT2D eigenvalue weighted by atomic mass is 127. The van der Waals surface area contributed by atoms with Crippen molar-refractivity contribution in [3.63, 3.8) is 0 Å². The number of ether oxygens (including phenoxy) is 1. The van der Waals surface area contributed by atoms with E-state index in [0.29, 0.717) is 5.92 Å². The first-order valence-corrected chi connectivity index (χ1v) is 9.08. The van der Waals surface area contributed by atoms with Crippen LogP contribution in [-0.4, -0.2) is 63.3 Å². The number of guanidine groups is 1. The summed E-state index contributed by atoms with van der Waals surface area (Å²) in [6.45, 7) is 11.9. The lowest BCUT2D eigenvalue weighted by atomic mass is 10.2. The van der Waals surface area contributed by atoms with Gasteiger partial charge in [0.2, 0.25) is 0 Å². The Bertz CT molecular complexity index is 460. The van der Waals surface area contributed by atoms with E-state index in [0.717, 1.165) is 77.0 Å². The molecule has 0 bridgehead atoms. The predicted molar refractivity (Wildman–Crippen MR) is 113 cm³/mol. The molecule has 1 fully saturated rings. The summed E-state index contributed by atoms with van der Waals surface area (Å²) in [4.78, 5) is 7.12. The number of nitrogens with zero attached hydrogens (tertiary/aromatic N) is 2. The van der Waals surface area contributed by atoms with Crippen molar-refractivity contribution in [1.29, 1.82) is 0 Å². The third kappa shape index (κ3) is 10.1. The van der Waals surface area contributed by atoms with Crippen LogP contribution >= 0.6 is 24.0 Å². The molecule has 1 aromatic rings. The molecule has 2 N–H and O–H groups in total. The molecule has 2 rings (SSSR count). The first-order chi connectivity index (χ1) is 11.7. The van der Waals surface area contributed by atoms with Gasteiger partial charge >= 0.3 is 0 Å². The Balaban J connectivity index is 0.00000312. The van der Waals surface area contributed by atoms with Crippen molar-refractivity contribution in [2.75, 3.05) is 52.5 Å². The lowest BCUT2D eigenvalue weighted by Crippen LogP contribution is -2.41. The number of furan rings is 1. The van der Waals surface area contributed by atoms with Crippen LogP contribution in [0.2, 0.25) is 0 Å². The van der Waals surface area contributed by atoms with E-state index in [1.54, 1.807) is 6.26 Å². The number of hydrogen-bond acceptors (Lipinski definition) is 4. The number of nitrogens with one attached hydrogen (secondary N) is 2. The van der Waals surface area contributed by atoms with Gasteiger partial charge in [0, 0.05) is 39.1 Å². The first-order valence-electron chi connectivity index (χ1n) is 9.08. The fourth-order valence-corrected chi connectivity index (χ4v) is 2.54. The van der Waals surface area contributed by atoms with Crippen molar-refractivity contribution in [1.82, 2.24) is 15.5 Å². The van der Waals surface area contributed by atoms with Crippen LogP contribution in [0.3, 0.4) is 0 Å². The van der Waals surface area contributed by atoms with Crippen molar-refractivity contribution in [2.45, 2.75) is 26.7 Å². The van der Waals surface area contributed by atoms with Crippen molar-refractivity contribution in [3.05, 3.63) is 24.2 Å². The summed E-state index contributed by atoms with van der Waals surface area (Å²) in [6.07, 6.45) is 3.69. The minimum Gasteiger partial charge on any atom is -0.469 e. The van der Waals surface area contributed by atoms with Gasteiger partial charge in [0.1, 0.15) is 5.76 Å². The second-order valence-electron chi connectivity index (χ2n) is 6.57. The third-order valence-corrected chi connectivity index (χ3v) is 3.91. The fraction of sp³-hybridized carbons (Fsp3) is 0.722. The van der Waals surface area contributed by atoms with Crippen LogP contribution in [0.25, 0.3) is 0 Å². The maximum Gasteiger partial charge on any atom is 0.191 e. The average molecular weight is 464 g/mol. The van der Waals surface area contributed by atoms with Gasteiger partial charge in [0.25, 0.3) is 0 Å². The highest BCUT2D eigenvalue weighted by Gasteiger charge is 2.09. The first kappa shape index (κ1) is 22.2. The van der Waals surface area contributed by atoms with Crippen LogP contribution in [0, 0.1) is 5.92 Å². The van der Waals surface area contributed by atoms with E-state index in [9.17, 15) is 0 Å². The topological polar surface area (TPSA) is 62.0 Å². The van der Waals surface area contributed by atoms with Gasteiger partial charge in [-0.25, -0.2) is 0 Å². The second-order valence-corrected chi connectivity index (χ2v) is 6.57. The SMILES string of the molecule is CC(C)CN=C(NCCCN1CCOCC1)NCCc1ccco1.I. The van der Waals surface area contributed by atoms with E-state index in [1.165, 1.54) is 0 Å². The molecule has 0 atom stereocenters. The Morgan fingerprint density at radius 2 is 2.00 bits per heavy atom. The van der Waals surface area contributed by atoms with Gasteiger partial charge in [0.15, 0.2) is 5.96 Å². The van der Waals surface area contributed by atoms with Gasteiger partial charge in [-0.1, -0.05) is 13.8 Å². The maximum atomic E-state index is 5.38. The monoisotopic (exact) mass is 464 g/mol. The summed E-state index contributed by atoms with van der Waals surface area (Å²) in [5.41, 5.74) is 0. The molecule has 1 saturated heterocycles. The van der Waals surface area contributed by atoms with E-state index in [2.05, 4.69) is 34.4 Å². The molecule has 0 unspecified atom stereocenters. The Morgan fingerprint density at radius 3 is 2.68 bits per heavy atom. The normalized spacial score (nSPS) is 15.9. The molecule has 0 amide bonds. The van der Waals surface area contributed by atoms with Crippen LogP contribution in [0.1, 0.15) is 26.0 Å². The molecule has 0 aromatic carbocycles. The smallest absolute Gasteiger partial charge is 0.191 e. The van der Waals surface area contributed by atoms with Gasteiger partial charge < -0.3 is 19.8 Å². The maximum absolute atomic E-state index is 5.38. The second kappa shape index (κ2) is 13.4. The summed E-state index contributed by atoms with van der Waals surface area (Å²) in [6, 6.07) is 3.93. The van der Waals surface area contributed by atoms with E-state index >= 15 is 0 Å². The Labute approximate surface area is 168 Å². The minimum absolute atomic E-state index is 0. The van der Waals surface area contributed by atoms with Gasteiger partial charge in [-0.3, -0.25) is 9.89 Å². The Hall–Kier alpha value is -0.800. The lowest BCUT2D eigenvalue weighted by molar-refractivity contribution is 0.0376. The molecular formula is C18H33IN4O2. The fourth-order valence-electron chi connectivity index (χ4n) is 2.54. The minimum atomic E-state index is 0. The number of halogens is 1. The van der Waals surface area contributed by atoms with Crippen molar-refractivity contribution >= 4 is 29.9 Å². The summed E-state index contributed by atoms with van der Waals surface area (Å²) in [7, 11) is 0. The van der Waals surface area contributed by atoms with Crippen LogP contribution in [0.15, 0.2) is 27.8 Å². The molecule has 6 nitrogen and oxygen atoms in total. The zero-order valence-corrected chi connectivity index (χ0v) is 17.8. The van der Waals surface area contributed by atoms with Crippen LogP contribution in [0.4, 0.5) is 0 Å². The number of rotatable bonds is 9. The zero-order chi connectivity index (χ0) is 17.0. The highest BCUT2D eigenvalue weighted by molar-refractivity contribution is 14.0. The van der Waals surface area contributed by atoms with Gasteiger partial charge in [-0.15, -0.1) is 24.0 Å². The third-order valence-electron chi connectivity index (χ3n) is 3.91. The lowest BCUT2D eigenvalue weighted by Gasteiger charge is -2.26. The van der Waals surface area contributed by atoms with E-state index in [-0.39, 0.29) is 24.0 Å². The molecule has 1 aliphatic heterocycles. The van der Waals surface area contributed by atoms with Gasteiger partial charge in [0.05, 0.1) is 19.5 Å². The number of aliphatic imine (C=N–C) groups is 1. The molecule has 0 saturated carbocycles. The molecular weight excluding hydrogens is 431 g/mol. The van der Waals surface area contributed by atoms with Crippen molar-refractivity contribution in [2.24, 2.45) is 10.9 Å². The standard InChI is InChI=1S/C18H32N4O2.HI/c1-16(2)15-21-18(20-8-6-17-5-3-12-24-17)19-7-4-9-22-10-13-23-14-11-22;/h3,5,12,16H,4,6-11,13-15H2,1-2H3,(H2,19,20,21);1H. The van der Waals surface area contributed by atoms with E-state index < -0.39 is 0 Å². The highest BCUT2D eigenvalue weighted by Crippen LogP contribution is 2.00. The summed E-state index contributed by atoms with van der Waals surface area (Å²) in [5, 5.41) is 6.84. The van der Waals surface area contributed by atoms with Gasteiger partial charge in [-0.05, 0) is 31.0 Å². The molecule has 144 valence electrons. The largest absolute Gasteiger partial charge is 0.469 e. The summed E-state index contributed by atoms with van der Waals surface area (Å²) in [5.74, 6) is 2.46. The van der Waals surface area contributed by atoms with Crippen LogP contribution < -0.4 is 10.6 Å². The molecule has 7 heteroatoms. The number of morpholine rings is 1. The summed E-state index contributed by atoms with van der Waals surface area (Å²) < 4.78 is 10.7. The van der Waals surface area contributed by atoms with E-state index in [1.807, 2.05) is 12.1 Å². The summed E-state index contributed by atoms with van der Waals surface area (Å²) >= 11 is 0. The Morgan fingerprint density at radius 1 is 1.24 bits per heavy atom. The molecule has 0 spiro atoms. The molecule has 25 heavy (non-hydrogen) atoms. The average Bonchev–Trinajstić information content (AvgIpc) is 3.10. The van der Waals surface area contributed by atoms with E-state index in [4.69, 9.17) is 9.15 Å². The van der Waals surface area contributed by atoms with Crippen molar-refractivity contribution < 1.29 is 9.15 Å². The molecule has 2 heterocycles. The quantitative estimate of drug-likeness (QED) is 0.254. The molecule has 0 radical (unpaired) electrons. The van der Waals surface area contributed by atoms with Crippen LogP contribution in [-0.2, 0) is 11.2 Å². The van der Waals surface area contributed by atoms with Gasteiger partial charge in [-0.2, -0.15) is 0 Å². The molecule has 1 aromatic heterocycles. The molecule has 0 aliphatic carbocycles. The zero-order valence-electron chi connectivity index (χ0n) is 15.5. The number of hydrogen-bond donors (Lipinski definition) is 2. The predicted octanol–water partition coefficient (Wildman–Crippen LogP) is 2.35. The van der Waals surface area contributed by atoms with Crippen LogP contribution in [0.5, 0.6) is 0 Å².